The lowest BCUT2D eigenvalue weighted by atomic mass is 9.99. The summed E-state index contributed by atoms with van der Waals surface area (Å²) in [6, 6.07) is 3.57. The molecule has 7 nitrogen and oxygen atoms in total. The predicted molar refractivity (Wildman–Crippen MR) is 85.4 cm³/mol. The molecule has 23 heavy (non-hydrogen) atoms. The summed E-state index contributed by atoms with van der Waals surface area (Å²) in [7, 11) is 0. The zero-order chi connectivity index (χ0) is 16.7. The largest absolute Gasteiger partial charge is 0.460 e. The molecule has 5 atom stereocenters. The van der Waals surface area contributed by atoms with Crippen molar-refractivity contribution < 1.29 is 29.9 Å². The van der Waals surface area contributed by atoms with Crippen LogP contribution < -0.4 is 4.74 Å². The van der Waals surface area contributed by atoms with E-state index in [-0.39, 0.29) is 0 Å². The number of hydrogen-bond donors (Lipinski definition) is 5. The van der Waals surface area contributed by atoms with E-state index in [1.165, 1.54) is 0 Å². The molecule has 5 N–H and O–H groups in total. The molecule has 1 aromatic heterocycles. The van der Waals surface area contributed by atoms with Gasteiger partial charge in [-0.15, -0.1) is 0 Å². The third-order valence-electron chi connectivity index (χ3n) is 3.79. The first-order chi connectivity index (χ1) is 10.9. The number of ether oxygens (including phenoxy) is 2. The van der Waals surface area contributed by atoms with E-state index in [9.17, 15) is 20.4 Å². The summed E-state index contributed by atoms with van der Waals surface area (Å²) in [5.41, 5.74) is 0.720. The Morgan fingerprint density at radius 3 is 2.65 bits per heavy atom. The number of hydrogen-bond acceptors (Lipinski definition) is 6. The number of aliphatic hydroxyl groups is 4. The summed E-state index contributed by atoms with van der Waals surface area (Å²) in [6.07, 6.45) is -5.17. The summed E-state index contributed by atoms with van der Waals surface area (Å²) >= 11 is 9.58. The molecule has 5 unspecified atom stereocenters. The van der Waals surface area contributed by atoms with Crippen molar-refractivity contribution in [3.05, 3.63) is 27.8 Å². The van der Waals surface area contributed by atoms with Crippen LogP contribution in [0.2, 0.25) is 5.02 Å². The maximum Gasteiger partial charge on any atom is 0.229 e. The number of rotatable bonds is 3. The van der Waals surface area contributed by atoms with E-state index in [4.69, 9.17) is 21.1 Å². The molecular weight excluding hydrogens is 394 g/mol. The molecule has 0 aliphatic carbocycles. The topological polar surface area (TPSA) is 115 Å². The van der Waals surface area contributed by atoms with Gasteiger partial charge in [0, 0.05) is 10.7 Å². The van der Waals surface area contributed by atoms with Crippen LogP contribution in [0.3, 0.4) is 0 Å². The van der Waals surface area contributed by atoms with Crippen molar-refractivity contribution >= 4 is 38.4 Å². The Bertz CT molecular complexity index is 708. The number of aliphatic hydroxyl groups excluding tert-OH is 4. The van der Waals surface area contributed by atoms with Crippen LogP contribution in [0.15, 0.2) is 22.8 Å². The van der Waals surface area contributed by atoms with Gasteiger partial charge < -0.3 is 34.9 Å². The molecule has 1 saturated heterocycles. The zero-order valence-corrected chi connectivity index (χ0v) is 14.0. The predicted octanol–water partition coefficient (Wildman–Crippen LogP) is 0.762. The molecule has 3 rings (SSSR count). The highest BCUT2D eigenvalue weighted by atomic mass is 79.9. The van der Waals surface area contributed by atoms with E-state index >= 15 is 0 Å². The fourth-order valence-electron chi connectivity index (χ4n) is 2.51. The van der Waals surface area contributed by atoms with Crippen LogP contribution in [0.25, 0.3) is 10.9 Å². The van der Waals surface area contributed by atoms with Gasteiger partial charge >= 0.3 is 0 Å². The fraction of sp³-hybridized carbons (Fsp3) is 0.429. The van der Waals surface area contributed by atoms with Gasteiger partial charge in [0.05, 0.1) is 22.5 Å². The average molecular weight is 409 g/mol. The quantitative estimate of drug-likeness (QED) is 0.512. The zero-order valence-electron chi connectivity index (χ0n) is 11.7. The van der Waals surface area contributed by atoms with Crippen LogP contribution in [-0.4, -0.2) is 62.7 Å². The summed E-state index contributed by atoms with van der Waals surface area (Å²) in [5, 5.41) is 39.8. The SMILES string of the molecule is OCC1OC(Oc2c[nH]c3ccc(Br)c(Cl)c23)C(O)C(O)C1O. The van der Waals surface area contributed by atoms with E-state index in [1.54, 1.807) is 18.3 Å². The van der Waals surface area contributed by atoms with Crippen LogP contribution in [-0.2, 0) is 4.74 Å². The molecule has 126 valence electrons. The van der Waals surface area contributed by atoms with Crippen LogP contribution in [0.5, 0.6) is 5.75 Å². The first-order valence-electron chi connectivity index (χ1n) is 6.86. The van der Waals surface area contributed by atoms with Gasteiger partial charge in [0.25, 0.3) is 0 Å². The standard InChI is InChI=1S/C14H15BrClNO6/c15-5-1-2-6-9(10(5)16)7(3-17-6)22-14-13(21)12(20)11(19)8(4-18)23-14/h1-3,8,11-14,17-21H,4H2. The summed E-state index contributed by atoms with van der Waals surface area (Å²) in [6.45, 7) is -0.523. The number of aromatic amines is 1. The second kappa shape index (κ2) is 6.56. The smallest absolute Gasteiger partial charge is 0.229 e. The highest BCUT2D eigenvalue weighted by molar-refractivity contribution is 9.10. The molecule has 1 fully saturated rings. The van der Waals surface area contributed by atoms with Crippen molar-refractivity contribution in [3.8, 4) is 5.75 Å². The van der Waals surface area contributed by atoms with Crippen molar-refractivity contribution in [1.82, 2.24) is 4.98 Å². The third kappa shape index (κ3) is 2.96. The van der Waals surface area contributed by atoms with Gasteiger partial charge in [-0.25, -0.2) is 0 Å². The Kier molecular flexibility index (Phi) is 4.84. The third-order valence-corrected chi connectivity index (χ3v) is 5.07. The minimum absolute atomic E-state index is 0.315. The molecule has 2 heterocycles. The molecule has 1 aromatic carbocycles. The number of aromatic nitrogens is 1. The maximum absolute atomic E-state index is 10.0. The molecule has 1 aliphatic rings. The van der Waals surface area contributed by atoms with Crippen LogP contribution >= 0.6 is 27.5 Å². The van der Waals surface area contributed by atoms with Crippen molar-refractivity contribution in [3.63, 3.8) is 0 Å². The molecule has 0 saturated carbocycles. The lowest BCUT2D eigenvalue weighted by molar-refractivity contribution is -0.277. The van der Waals surface area contributed by atoms with Gasteiger partial charge in [0.15, 0.2) is 0 Å². The lowest BCUT2D eigenvalue weighted by Gasteiger charge is -2.39. The van der Waals surface area contributed by atoms with Gasteiger partial charge in [0.2, 0.25) is 6.29 Å². The van der Waals surface area contributed by atoms with Crippen LogP contribution in [0, 0.1) is 0 Å². The van der Waals surface area contributed by atoms with Crippen molar-refractivity contribution in [2.24, 2.45) is 0 Å². The Morgan fingerprint density at radius 1 is 1.22 bits per heavy atom. The molecule has 9 heteroatoms. The number of benzene rings is 1. The Hall–Kier alpha value is -0.870. The van der Waals surface area contributed by atoms with Gasteiger partial charge in [0.1, 0.15) is 30.2 Å². The highest BCUT2D eigenvalue weighted by Gasteiger charge is 2.44. The summed E-state index contributed by atoms with van der Waals surface area (Å²) in [5.74, 6) is 0.315. The molecule has 0 radical (unpaired) electrons. The van der Waals surface area contributed by atoms with Gasteiger partial charge in [-0.1, -0.05) is 11.6 Å². The summed E-state index contributed by atoms with van der Waals surface area (Å²) < 4.78 is 11.6. The fourth-order valence-corrected chi connectivity index (χ4v) is 3.10. The van der Waals surface area contributed by atoms with Crippen molar-refractivity contribution in [1.29, 1.82) is 0 Å². The van der Waals surface area contributed by atoms with Gasteiger partial charge in [-0.05, 0) is 28.1 Å². The minimum Gasteiger partial charge on any atom is -0.460 e. The molecule has 0 amide bonds. The first kappa shape index (κ1) is 17.0. The number of halogens is 2. The molecule has 0 bridgehead atoms. The lowest BCUT2D eigenvalue weighted by Crippen LogP contribution is -2.60. The second-order valence-corrected chi connectivity index (χ2v) is 6.48. The number of nitrogens with one attached hydrogen (secondary N) is 1. The van der Waals surface area contributed by atoms with E-state index in [2.05, 4.69) is 20.9 Å². The summed E-state index contributed by atoms with van der Waals surface area (Å²) in [4.78, 5) is 2.98. The highest BCUT2D eigenvalue weighted by Crippen LogP contribution is 2.38. The van der Waals surface area contributed by atoms with Crippen LogP contribution in [0.4, 0.5) is 0 Å². The van der Waals surface area contributed by atoms with Gasteiger partial charge in [-0.2, -0.15) is 0 Å². The van der Waals surface area contributed by atoms with Crippen molar-refractivity contribution in [2.45, 2.75) is 30.7 Å². The second-order valence-electron chi connectivity index (χ2n) is 5.25. The number of fused-ring (bicyclic) bond motifs is 1. The van der Waals surface area contributed by atoms with E-state index in [0.717, 1.165) is 5.52 Å². The molecular formula is C14H15BrClNO6. The molecule has 2 aromatic rings. The average Bonchev–Trinajstić information content (AvgIpc) is 2.95. The molecule has 0 spiro atoms. The Labute approximate surface area is 144 Å². The van der Waals surface area contributed by atoms with Crippen LogP contribution in [0.1, 0.15) is 0 Å². The van der Waals surface area contributed by atoms with Gasteiger partial charge in [-0.3, -0.25) is 0 Å². The normalized spacial score (nSPS) is 31.5. The monoisotopic (exact) mass is 407 g/mol. The maximum atomic E-state index is 10.0. The van der Waals surface area contributed by atoms with E-state index in [1.807, 2.05) is 0 Å². The minimum atomic E-state index is -1.50. The molecule has 1 aliphatic heterocycles. The first-order valence-corrected chi connectivity index (χ1v) is 8.03. The Balaban J connectivity index is 1.91. The van der Waals surface area contributed by atoms with E-state index < -0.39 is 37.3 Å². The van der Waals surface area contributed by atoms with Crippen molar-refractivity contribution in [2.75, 3.05) is 6.61 Å². The Morgan fingerprint density at radius 2 is 1.96 bits per heavy atom. The number of H-pyrrole nitrogens is 1. The van der Waals surface area contributed by atoms with E-state index in [0.29, 0.717) is 20.6 Å².